The molecule has 0 spiro atoms. The minimum absolute atomic E-state index is 0.0605. The third-order valence-electron chi connectivity index (χ3n) is 3.72. The second kappa shape index (κ2) is 4.49. The molecule has 1 heterocycles. The van der Waals surface area contributed by atoms with Crippen molar-refractivity contribution in [2.24, 2.45) is 0 Å². The van der Waals surface area contributed by atoms with Crippen LogP contribution in [0, 0.1) is 17.0 Å². The SMILES string of the molecule is Cc1nn(C2CCc3cc(Cl)ccc32)c(N)c1[N+](=O)[O-]. The molecule has 0 saturated carbocycles. The molecule has 1 atom stereocenters. The van der Waals surface area contributed by atoms with Gasteiger partial charge in [-0.2, -0.15) is 5.10 Å². The predicted octanol–water partition coefficient (Wildman–Crippen LogP) is 2.87. The second-order valence-electron chi connectivity index (χ2n) is 4.92. The molecule has 104 valence electrons. The first-order valence-electron chi connectivity index (χ1n) is 6.26. The van der Waals surface area contributed by atoms with Crippen molar-refractivity contribution in [1.82, 2.24) is 9.78 Å². The molecule has 20 heavy (non-hydrogen) atoms. The lowest BCUT2D eigenvalue weighted by Gasteiger charge is -2.13. The van der Waals surface area contributed by atoms with Crippen LogP contribution in [0.1, 0.15) is 29.3 Å². The highest BCUT2D eigenvalue weighted by molar-refractivity contribution is 6.30. The van der Waals surface area contributed by atoms with Crippen LogP contribution in [0.25, 0.3) is 0 Å². The van der Waals surface area contributed by atoms with E-state index in [0.29, 0.717) is 10.7 Å². The number of fused-ring (bicyclic) bond motifs is 1. The molecule has 1 aromatic carbocycles. The molecule has 1 aliphatic carbocycles. The van der Waals surface area contributed by atoms with E-state index in [0.717, 1.165) is 24.0 Å². The van der Waals surface area contributed by atoms with Crippen LogP contribution in [0.3, 0.4) is 0 Å². The Morgan fingerprint density at radius 2 is 2.30 bits per heavy atom. The zero-order valence-electron chi connectivity index (χ0n) is 10.8. The molecule has 1 unspecified atom stereocenters. The van der Waals surface area contributed by atoms with Crippen LogP contribution in [0.4, 0.5) is 11.5 Å². The van der Waals surface area contributed by atoms with E-state index in [-0.39, 0.29) is 17.5 Å². The van der Waals surface area contributed by atoms with E-state index >= 15 is 0 Å². The van der Waals surface area contributed by atoms with Crippen LogP contribution in [0.2, 0.25) is 5.02 Å². The van der Waals surface area contributed by atoms with Gasteiger partial charge in [-0.15, -0.1) is 0 Å². The molecule has 0 saturated heterocycles. The summed E-state index contributed by atoms with van der Waals surface area (Å²) in [7, 11) is 0. The van der Waals surface area contributed by atoms with Gasteiger partial charge in [-0.1, -0.05) is 17.7 Å². The highest BCUT2D eigenvalue weighted by Crippen LogP contribution is 2.39. The van der Waals surface area contributed by atoms with E-state index in [2.05, 4.69) is 5.10 Å². The second-order valence-corrected chi connectivity index (χ2v) is 5.35. The van der Waals surface area contributed by atoms with Crippen LogP contribution in [-0.4, -0.2) is 14.7 Å². The maximum absolute atomic E-state index is 11.0. The summed E-state index contributed by atoms with van der Waals surface area (Å²) in [5.41, 5.74) is 8.38. The number of anilines is 1. The van der Waals surface area contributed by atoms with Crippen molar-refractivity contribution in [3.63, 3.8) is 0 Å². The summed E-state index contributed by atoms with van der Waals surface area (Å²) in [6, 6.07) is 5.63. The molecule has 6 nitrogen and oxygen atoms in total. The first-order chi connectivity index (χ1) is 9.49. The van der Waals surface area contributed by atoms with Crippen molar-refractivity contribution in [3.05, 3.63) is 50.2 Å². The highest BCUT2D eigenvalue weighted by Gasteiger charge is 2.31. The van der Waals surface area contributed by atoms with E-state index in [1.54, 1.807) is 11.6 Å². The Morgan fingerprint density at radius 1 is 1.55 bits per heavy atom. The number of halogens is 1. The van der Waals surface area contributed by atoms with E-state index < -0.39 is 4.92 Å². The number of rotatable bonds is 2. The number of aryl methyl sites for hydroxylation is 2. The van der Waals surface area contributed by atoms with Crippen LogP contribution in [0.15, 0.2) is 18.2 Å². The Kier molecular flexibility index (Phi) is 2.90. The number of nitrogen functional groups attached to an aromatic ring is 1. The van der Waals surface area contributed by atoms with Gasteiger partial charge in [0.1, 0.15) is 5.69 Å². The number of nitrogens with two attached hydrogens (primary N) is 1. The average molecular weight is 293 g/mol. The van der Waals surface area contributed by atoms with Crippen molar-refractivity contribution in [2.45, 2.75) is 25.8 Å². The van der Waals surface area contributed by atoms with Crippen LogP contribution in [-0.2, 0) is 6.42 Å². The summed E-state index contributed by atoms with van der Waals surface area (Å²) >= 11 is 5.98. The third-order valence-corrected chi connectivity index (χ3v) is 3.95. The van der Waals surface area contributed by atoms with Crippen molar-refractivity contribution >= 4 is 23.1 Å². The summed E-state index contributed by atoms with van der Waals surface area (Å²) in [5.74, 6) is 0.111. The number of benzene rings is 1. The minimum atomic E-state index is -0.480. The van der Waals surface area contributed by atoms with Gasteiger partial charge >= 0.3 is 5.69 Å². The topological polar surface area (TPSA) is 87.0 Å². The molecule has 1 aliphatic rings. The maximum atomic E-state index is 11.0. The Bertz CT molecular complexity index is 711. The molecule has 2 aromatic rings. The molecule has 0 fully saturated rings. The monoisotopic (exact) mass is 292 g/mol. The van der Waals surface area contributed by atoms with Gasteiger partial charge in [0.05, 0.1) is 11.0 Å². The summed E-state index contributed by atoms with van der Waals surface area (Å²) < 4.78 is 1.56. The van der Waals surface area contributed by atoms with Crippen LogP contribution < -0.4 is 5.73 Å². The zero-order valence-corrected chi connectivity index (χ0v) is 11.6. The summed E-state index contributed by atoms with van der Waals surface area (Å²) in [5, 5.41) is 16.0. The Morgan fingerprint density at radius 3 is 2.95 bits per heavy atom. The molecular weight excluding hydrogens is 280 g/mol. The highest BCUT2D eigenvalue weighted by atomic mass is 35.5. The molecule has 0 amide bonds. The van der Waals surface area contributed by atoms with Gasteiger partial charge in [0.15, 0.2) is 0 Å². The number of hydrogen-bond donors (Lipinski definition) is 1. The van der Waals surface area contributed by atoms with Crippen molar-refractivity contribution < 1.29 is 4.92 Å². The minimum Gasteiger partial charge on any atom is -0.378 e. The third kappa shape index (κ3) is 1.84. The quantitative estimate of drug-likeness (QED) is 0.681. The molecule has 1 aromatic heterocycles. The van der Waals surface area contributed by atoms with Gasteiger partial charge < -0.3 is 5.73 Å². The van der Waals surface area contributed by atoms with Crippen LogP contribution in [0.5, 0.6) is 0 Å². The fourth-order valence-electron chi connectivity index (χ4n) is 2.84. The van der Waals surface area contributed by atoms with Crippen molar-refractivity contribution in [1.29, 1.82) is 0 Å². The summed E-state index contributed by atoms with van der Waals surface area (Å²) in [4.78, 5) is 10.5. The molecule has 0 radical (unpaired) electrons. The van der Waals surface area contributed by atoms with E-state index in [4.69, 9.17) is 17.3 Å². The molecule has 3 rings (SSSR count). The summed E-state index contributed by atoms with van der Waals surface area (Å²) in [6.07, 6.45) is 1.69. The smallest absolute Gasteiger partial charge is 0.333 e. The van der Waals surface area contributed by atoms with Gasteiger partial charge in [0, 0.05) is 5.02 Å². The lowest BCUT2D eigenvalue weighted by atomic mass is 10.1. The standard InChI is InChI=1S/C13H13ClN4O2/c1-7-12(18(19)20)13(15)17(16-7)11-5-2-8-6-9(14)3-4-10(8)11/h3-4,6,11H,2,5,15H2,1H3. The largest absolute Gasteiger partial charge is 0.378 e. The van der Waals surface area contributed by atoms with Gasteiger partial charge in [0.2, 0.25) is 5.82 Å². The molecule has 0 aliphatic heterocycles. The zero-order chi connectivity index (χ0) is 14.4. The summed E-state index contributed by atoms with van der Waals surface area (Å²) in [6.45, 7) is 1.60. The fraction of sp³-hybridized carbons (Fsp3) is 0.308. The van der Waals surface area contributed by atoms with Gasteiger partial charge in [0.25, 0.3) is 0 Å². The number of aromatic nitrogens is 2. The molecule has 2 N–H and O–H groups in total. The van der Waals surface area contributed by atoms with Crippen LogP contribution >= 0.6 is 11.6 Å². The van der Waals surface area contributed by atoms with E-state index in [9.17, 15) is 10.1 Å². The average Bonchev–Trinajstić information content (AvgIpc) is 2.89. The fourth-order valence-corrected chi connectivity index (χ4v) is 3.03. The van der Waals surface area contributed by atoms with E-state index in [1.165, 1.54) is 0 Å². The Balaban J connectivity index is 2.09. The molecule has 7 heteroatoms. The number of nitro groups is 1. The number of hydrogen-bond acceptors (Lipinski definition) is 4. The van der Waals surface area contributed by atoms with Crippen molar-refractivity contribution in [2.75, 3.05) is 5.73 Å². The first kappa shape index (κ1) is 12.9. The first-order valence-corrected chi connectivity index (χ1v) is 6.64. The molecular formula is C13H13ClN4O2. The lowest BCUT2D eigenvalue weighted by molar-refractivity contribution is -0.384. The normalized spacial score (nSPS) is 17.2. The van der Waals surface area contributed by atoms with Gasteiger partial charge in [-0.25, -0.2) is 4.68 Å². The Hall–Kier alpha value is -2.08. The van der Waals surface area contributed by atoms with Crippen molar-refractivity contribution in [3.8, 4) is 0 Å². The van der Waals surface area contributed by atoms with Gasteiger partial charge in [-0.3, -0.25) is 10.1 Å². The predicted molar refractivity (Wildman–Crippen MR) is 75.9 cm³/mol. The maximum Gasteiger partial charge on any atom is 0.333 e. The molecule has 0 bridgehead atoms. The Labute approximate surface area is 120 Å². The van der Waals surface area contributed by atoms with E-state index in [1.807, 2.05) is 18.2 Å². The lowest BCUT2D eigenvalue weighted by Crippen LogP contribution is -2.12. The van der Waals surface area contributed by atoms with Gasteiger partial charge in [-0.05, 0) is 43.0 Å². The number of nitrogens with zero attached hydrogens (tertiary/aromatic N) is 3.